The van der Waals surface area contributed by atoms with Gasteiger partial charge < -0.3 is 5.32 Å². The van der Waals surface area contributed by atoms with E-state index in [1.54, 1.807) is 22.7 Å². The highest BCUT2D eigenvalue weighted by atomic mass is 35.5. The van der Waals surface area contributed by atoms with Crippen LogP contribution < -0.4 is 5.32 Å². The van der Waals surface area contributed by atoms with E-state index in [4.69, 9.17) is 11.6 Å². The molecule has 3 heterocycles. The maximum atomic E-state index is 5.95. The van der Waals surface area contributed by atoms with Crippen LogP contribution in [-0.4, -0.2) is 15.0 Å². The van der Waals surface area contributed by atoms with Gasteiger partial charge in [-0.1, -0.05) is 0 Å². The molecule has 0 amide bonds. The molecular formula is C12H11ClN4S2. The van der Waals surface area contributed by atoms with Crippen LogP contribution in [-0.2, 0) is 6.54 Å². The summed E-state index contributed by atoms with van der Waals surface area (Å²) in [6.45, 7) is 4.74. The van der Waals surface area contributed by atoms with Crippen molar-refractivity contribution in [2.45, 2.75) is 20.4 Å². The largest absolute Gasteiger partial charge is 0.363 e. The molecule has 0 radical (unpaired) electrons. The van der Waals surface area contributed by atoms with Crippen LogP contribution in [0.15, 0.2) is 12.3 Å². The van der Waals surface area contributed by atoms with Crippen LogP contribution in [0.3, 0.4) is 0 Å². The van der Waals surface area contributed by atoms with Crippen LogP contribution in [0, 0.1) is 13.8 Å². The Balaban J connectivity index is 1.91. The van der Waals surface area contributed by atoms with E-state index in [-0.39, 0.29) is 5.28 Å². The average Bonchev–Trinajstić information content (AvgIpc) is 2.91. The molecule has 0 unspecified atom stereocenters. The van der Waals surface area contributed by atoms with Crippen molar-refractivity contribution in [2.24, 2.45) is 0 Å². The molecule has 4 nitrogen and oxygen atoms in total. The minimum Gasteiger partial charge on any atom is -0.363 e. The summed E-state index contributed by atoms with van der Waals surface area (Å²) >= 11 is 9.24. The predicted octanol–water partition coefficient (Wildman–Crippen LogP) is 4.03. The molecule has 0 aliphatic carbocycles. The van der Waals surface area contributed by atoms with Gasteiger partial charge in [0.25, 0.3) is 0 Å². The van der Waals surface area contributed by atoms with E-state index in [0.29, 0.717) is 6.54 Å². The third-order valence-corrected chi connectivity index (χ3v) is 4.59. The van der Waals surface area contributed by atoms with E-state index in [1.165, 1.54) is 9.75 Å². The molecule has 0 saturated heterocycles. The monoisotopic (exact) mass is 310 g/mol. The van der Waals surface area contributed by atoms with Crippen LogP contribution in [0.25, 0.3) is 10.2 Å². The molecule has 0 bridgehead atoms. The van der Waals surface area contributed by atoms with E-state index < -0.39 is 0 Å². The summed E-state index contributed by atoms with van der Waals surface area (Å²) in [5.41, 5.74) is 0. The fraction of sp³-hybridized carbons (Fsp3) is 0.250. The Bertz CT molecular complexity index is 734. The number of rotatable bonds is 3. The van der Waals surface area contributed by atoms with E-state index in [2.05, 4.69) is 26.3 Å². The normalized spacial score (nSPS) is 11.1. The summed E-state index contributed by atoms with van der Waals surface area (Å²) < 4.78 is 0. The molecule has 0 aliphatic heterocycles. The maximum absolute atomic E-state index is 5.95. The lowest BCUT2D eigenvalue weighted by Gasteiger charge is -2.04. The van der Waals surface area contributed by atoms with Gasteiger partial charge >= 0.3 is 0 Å². The molecule has 1 N–H and O–H groups in total. The van der Waals surface area contributed by atoms with Gasteiger partial charge in [0.1, 0.15) is 15.7 Å². The Labute approximate surface area is 123 Å². The van der Waals surface area contributed by atoms with Crippen molar-refractivity contribution in [3.8, 4) is 0 Å². The molecule has 3 aromatic heterocycles. The second-order valence-electron chi connectivity index (χ2n) is 4.14. The Morgan fingerprint density at radius 1 is 1.21 bits per heavy atom. The van der Waals surface area contributed by atoms with E-state index in [1.807, 2.05) is 20.0 Å². The summed E-state index contributed by atoms with van der Waals surface area (Å²) in [6, 6.07) is 2.08. The number of hydrogen-bond acceptors (Lipinski definition) is 6. The minimum atomic E-state index is 0.271. The lowest BCUT2D eigenvalue weighted by atomic mass is 10.3. The van der Waals surface area contributed by atoms with E-state index in [0.717, 1.165) is 21.0 Å². The summed E-state index contributed by atoms with van der Waals surface area (Å²) in [7, 11) is 0. The van der Waals surface area contributed by atoms with E-state index >= 15 is 0 Å². The molecule has 98 valence electrons. The van der Waals surface area contributed by atoms with Gasteiger partial charge in [0.2, 0.25) is 5.28 Å². The van der Waals surface area contributed by atoms with Gasteiger partial charge in [-0.2, -0.15) is 0 Å². The van der Waals surface area contributed by atoms with Crippen molar-refractivity contribution < 1.29 is 0 Å². The van der Waals surface area contributed by atoms with Crippen molar-refractivity contribution >= 4 is 50.3 Å². The zero-order valence-electron chi connectivity index (χ0n) is 10.4. The summed E-state index contributed by atoms with van der Waals surface area (Å²) in [6.07, 6.45) is 1.87. The number of fused-ring (bicyclic) bond motifs is 1. The van der Waals surface area contributed by atoms with Crippen molar-refractivity contribution in [1.82, 2.24) is 15.0 Å². The van der Waals surface area contributed by atoms with Gasteiger partial charge in [-0.3, -0.25) is 0 Å². The smallest absolute Gasteiger partial charge is 0.225 e. The zero-order chi connectivity index (χ0) is 13.4. The first-order chi connectivity index (χ1) is 9.11. The topological polar surface area (TPSA) is 50.7 Å². The summed E-state index contributed by atoms with van der Waals surface area (Å²) in [5, 5.41) is 5.61. The zero-order valence-corrected chi connectivity index (χ0v) is 12.8. The quantitative estimate of drug-likeness (QED) is 0.742. The van der Waals surface area contributed by atoms with Crippen LogP contribution in [0.5, 0.6) is 0 Å². The number of anilines is 1. The summed E-state index contributed by atoms with van der Waals surface area (Å²) in [5.74, 6) is 0.771. The van der Waals surface area contributed by atoms with Gasteiger partial charge in [0.15, 0.2) is 0 Å². The number of hydrogen-bond donors (Lipinski definition) is 1. The van der Waals surface area contributed by atoms with Crippen LogP contribution >= 0.6 is 34.3 Å². The number of aryl methyl sites for hydroxylation is 2. The lowest BCUT2D eigenvalue weighted by molar-refractivity contribution is 1.07. The molecule has 0 atom stereocenters. The minimum absolute atomic E-state index is 0.271. The molecule has 0 saturated carbocycles. The van der Waals surface area contributed by atoms with Crippen LogP contribution in [0.1, 0.15) is 14.8 Å². The van der Waals surface area contributed by atoms with Crippen LogP contribution in [0.2, 0.25) is 5.28 Å². The predicted molar refractivity (Wildman–Crippen MR) is 81.3 cm³/mol. The number of halogens is 1. The van der Waals surface area contributed by atoms with Crippen molar-refractivity contribution in [3.05, 3.63) is 32.3 Å². The van der Waals surface area contributed by atoms with Gasteiger partial charge in [0.05, 0.1) is 11.9 Å². The Morgan fingerprint density at radius 3 is 2.79 bits per heavy atom. The summed E-state index contributed by atoms with van der Waals surface area (Å²) in [4.78, 5) is 16.1. The van der Waals surface area contributed by atoms with Gasteiger partial charge in [-0.05, 0) is 31.5 Å². The first-order valence-corrected chi connectivity index (χ1v) is 7.72. The molecule has 3 rings (SSSR count). The molecule has 0 fully saturated rings. The van der Waals surface area contributed by atoms with Crippen molar-refractivity contribution in [3.63, 3.8) is 0 Å². The van der Waals surface area contributed by atoms with Crippen molar-refractivity contribution in [2.75, 3.05) is 5.32 Å². The molecule has 3 aromatic rings. The molecule has 0 aliphatic rings. The van der Waals surface area contributed by atoms with Gasteiger partial charge in [-0.15, -0.1) is 22.7 Å². The highest BCUT2D eigenvalue weighted by Crippen LogP contribution is 2.29. The number of aromatic nitrogens is 3. The Morgan fingerprint density at radius 2 is 2.05 bits per heavy atom. The second kappa shape index (κ2) is 5.03. The fourth-order valence-electron chi connectivity index (χ4n) is 1.79. The third-order valence-electron chi connectivity index (χ3n) is 2.56. The SMILES string of the molecule is Cc1cnc(CNc2nc(Cl)nc3sc(C)cc23)s1. The Hall–Kier alpha value is -1.24. The number of nitrogens with zero attached hydrogens (tertiary/aromatic N) is 3. The number of nitrogens with one attached hydrogen (secondary N) is 1. The standard InChI is InChI=1S/C12H11ClN4S2/c1-6-3-8-10(16-12(13)17-11(8)19-6)15-5-9-14-4-7(2)18-9/h3-4H,5H2,1-2H3,(H,15,16,17). The second-order valence-corrected chi connectivity index (χ2v) is 7.03. The van der Waals surface area contributed by atoms with E-state index in [9.17, 15) is 0 Å². The van der Waals surface area contributed by atoms with Gasteiger partial charge in [0, 0.05) is 16.0 Å². The molecule has 19 heavy (non-hydrogen) atoms. The highest BCUT2D eigenvalue weighted by Gasteiger charge is 2.10. The first-order valence-electron chi connectivity index (χ1n) is 5.70. The highest BCUT2D eigenvalue weighted by molar-refractivity contribution is 7.18. The molecule has 0 aromatic carbocycles. The number of thiazole rings is 1. The van der Waals surface area contributed by atoms with Crippen molar-refractivity contribution in [1.29, 1.82) is 0 Å². The fourth-order valence-corrected chi connectivity index (χ4v) is 3.62. The molecule has 7 heteroatoms. The third kappa shape index (κ3) is 2.70. The Kier molecular flexibility index (Phi) is 3.38. The average molecular weight is 311 g/mol. The lowest BCUT2D eigenvalue weighted by Crippen LogP contribution is -2.02. The van der Waals surface area contributed by atoms with Gasteiger partial charge in [-0.25, -0.2) is 15.0 Å². The van der Waals surface area contributed by atoms with Crippen LogP contribution in [0.4, 0.5) is 5.82 Å². The molecule has 0 spiro atoms. The number of thiophene rings is 1. The maximum Gasteiger partial charge on any atom is 0.225 e. The molecular weight excluding hydrogens is 300 g/mol. The first kappa shape index (κ1) is 12.8.